The molecule has 18 heavy (non-hydrogen) atoms. The van der Waals surface area contributed by atoms with Crippen LogP contribution < -0.4 is 4.90 Å². The maximum Gasteiger partial charge on any atom is 0.225 e. The van der Waals surface area contributed by atoms with Gasteiger partial charge in [0.05, 0.1) is 31.7 Å². The molecule has 1 fully saturated rings. The fourth-order valence-electron chi connectivity index (χ4n) is 2.00. The summed E-state index contributed by atoms with van der Waals surface area (Å²) in [5.74, 6) is 0.764. The average molecular weight is 253 g/mol. The average Bonchev–Trinajstić information content (AvgIpc) is 2.41. The molecule has 1 aliphatic rings. The van der Waals surface area contributed by atoms with Gasteiger partial charge >= 0.3 is 0 Å². The summed E-state index contributed by atoms with van der Waals surface area (Å²) in [5, 5.41) is 9.14. The van der Waals surface area contributed by atoms with E-state index in [1.165, 1.54) is 12.4 Å². The third kappa shape index (κ3) is 3.54. The molecule has 0 aliphatic carbocycles. The van der Waals surface area contributed by atoms with Crippen molar-refractivity contribution in [3.8, 4) is 5.75 Å². The lowest BCUT2D eigenvalue weighted by atomic mass is 10.1. The number of rotatable bonds is 5. The first-order valence-electron chi connectivity index (χ1n) is 6.16. The van der Waals surface area contributed by atoms with Crippen LogP contribution in [0.4, 0.5) is 5.95 Å². The van der Waals surface area contributed by atoms with Crippen LogP contribution in [0, 0.1) is 0 Å². The van der Waals surface area contributed by atoms with Crippen molar-refractivity contribution in [3.63, 3.8) is 0 Å². The van der Waals surface area contributed by atoms with Crippen LogP contribution in [0.3, 0.4) is 0 Å². The van der Waals surface area contributed by atoms with E-state index in [4.69, 9.17) is 14.6 Å². The molecule has 6 heteroatoms. The van der Waals surface area contributed by atoms with E-state index >= 15 is 0 Å². The number of nitrogens with zero attached hydrogens (tertiary/aromatic N) is 3. The molecular weight excluding hydrogens is 234 g/mol. The van der Waals surface area contributed by atoms with Gasteiger partial charge < -0.3 is 19.5 Å². The maximum atomic E-state index is 9.14. The maximum absolute atomic E-state index is 9.14. The number of hydrogen-bond acceptors (Lipinski definition) is 6. The molecule has 1 aromatic rings. The Morgan fingerprint density at radius 1 is 1.28 bits per heavy atom. The van der Waals surface area contributed by atoms with Crippen molar-refractivity contribution >= 4 is 5.95 Å². The number of methoxy groups -OCH3 is 1. The highest BCUT2D eigenvalue weighted by Gasteiger charge is 2.21. The van der Waals surface area contributed by atoms with E-state index in [-0.39, 0.29) is 5.75 Å². The zero-order valence-electron chi connectivity index (χ0n) is 10.6. The van der Waals surface area contributed by atoms with Crippen molar-refractivity contribution in [1.29, 1.82) is 0 Å². The summed E-state index contributed by atoms with van der Waals surface area (Å²) in [6, 6.07) is 0. The van der Waals surface area contributed by atoms with Gasteiger partial charge in [0.15, 0.2) is 5.75 Å². The molecule has 0 saturated carbocycles. The highest BCUT2D eigenvalue weighted by Crippen LogP contribution is 2.18. The van der Waals surface area contributed by atoms with Gasteiger partial charge in [0.1, 0.15) is 0 Å². The normalized spacial score (nSPS) is 17.1. The van der Waals surface area contributed by atoms with E-state index in [0.717, 1.165) is 25.9 Å². The third-order valence-electron chi connectivity index (χ3n) is 2.99. The molecule has 0 unspecified atom stereocenters. The van der Waals surface area contributed by atoms with Crippen molar-refractivity contribution in [1.82, 2.24) is 9.97 Å². The SMILES string of the molecule is COCCOC1CCN(c2ncc(O)cn2)CC1. The second-order valence-corrected chi connectivity index (χ2v) is 4.29. The van der Waals surface area contributed by atoms with E-state index in [1.54, 1.807) is 7.11 Å². The highest BCUT2D eigenvalue weighted by atomic mass is 16.5. The largest absolute Gasteiger partial charge is 0.505 e. The summed E-state index contributed by atoms with van der Waals surface area (Å²) >= 11 is 0. The van der Waals surface area contributed by atoms with E-state index < -0.39 is 0 Å². The Kier molecular flexibility index (Phi) is 4.72. The number of aromatic hydroxyl groups is 1. The van der Waals surface area contributed by atoms with Gasteiger partial charge in [0.25, 0.3) is 0 Å². The zero-order valence-corrected chi connectivity index (χ0v) is 10.6. The fourth-order valence-corrected chi connectivity index (χ4v) is 2.00. The van der Waals surface area contributed by atoms with Gasteiger partial charge in [0.2, 0.25) is 5.95 Å². The Bertz CT molecular complexity index is 350. The molecule has 0 radical (unpaired) electrons. The minimum atomic E-state index is 0.0940. The van der Waals surface area contributed by atoms with Gasteiger partial charge in [-0.2, -0.15) is 0 Å². The van der Waals surface area contributed by atoms with Crippen LogP contribution in [0.1, 0.15) is 12.8 Å². The predicted octanol–water partition coefficient (Wildman–Crippen LogP) is 0.814. The summed E-state index contributed by atoms with van der Waals surface area (Å²) in [6.45, 7) is 3.04. The van der Waals surface area contributed by atoms with Gasteiger partial charge in [0, 0.05) is 20.2 Å². The Morgan fingerprint density at radius 3 is 2.56 bits per heavy atom. The van der Waals surface area contributed by atoms with Crippen LogP contribution in [0.5, 0.6) is 5.75 Å². The van der Waals surface area contributed by atoms with Crippen LogP contribution in [0.2, 0.25) is 0 Å². The Balaban J connectivity index is 1.77. The smallest absolute Gasteiger partial charge is 0.225 e. The van der Waals surface area contributed by atoms with Crippen molar-refractivity contribution in [2.24, 2.45) is 0 Å². The molecule has 1 saturated heterocycles. The summed E-state index contributed by atoms with van der Waals surface area (Å²) < 4.78 is 10.6. The number of ether oxygens (including phenoxy) is 2. The molecule has 0 amide bonds. The molecule has 1 aromatic heterocycles. The van der Waals surface area contributed by atoms with Crippen LogP contribution in [0.15, 0.2) is 12.4 Å². The molecule has 1 aliphatic heterocycles. The monoisotopic (exact) mass is 253 g/mol. The van der Waals surface area contributed by atoms with Crippen LogP contribution >= 0.6 is 0 Å². The lowest BCUT2D eigenvalue weighted by Gasteiger charge is -2.31. The molecule has 0 aromatic carbocycles. The lowest BCUT2D eigenvalue weighted by molar-refractivity contribution is 0.00598. The van der Waals surface area contributed by atoms with Gasteiger partial charge in [-0.15, -0.1) is 0 Å². The summed E-state index contributed by atoms with van der Waals surface area (Å²) in [7, 11) is 1.67. The van der Waals surface area contributed by atoms with E-state index in [0.29, 0.717) is 25.3 Å². The van der Waals surface area contributed by atoms with E-state index in [1.807, 2.05) is 0 Å². The van der Waals surface area contributed by atoms with Gasteiger partial charge in [-0.25, -0.2) is 9.97 Å². The number of hydrogen-bond donors (Lipinski definition) is 1. The van der Waals surface area contributed by atoms with E-state index in [2.05, 4.69) is 14.9 Å². The fraction of sp³-hybridized carbons (Fsp3) is 0.667. The number of piperidine rings is 1. The molecule has 0 spiro atoms. The van der Waals surface area contributed by atoms with Gasteiger partial charge in [-0.05, 0) is 12.8 Å². The first-order chi connectivity index (χ1) is 8.79. The van der Waals surface area contributed by atoms with Crippen LogP contribution in [-0.4, -0.2) is 54.6 Å². The molecule has 2 heterocycles. The summed E-state index contributed by atoms with van der Waals surface area (Å²) in [4.78, 5) is 10.3. The summed E-state index contributed by atoms with van der Waals surface area (Å²) in [6.07, 6.45) is 5.07. The zero-order chi connectivity index (χ0) is 12.8. The van der Waals surface area contributed by atoms with Gasteiger partial charge in [-0.1, -0.05) is 0 Å². The van der Waals surface area contributed by atoms with Gasteiger partial charge in [-0.3, -0.25) is 0 Å². The molecular formula is C12H19N3O3. The Morgan fingerprint density at radius 2 is 1.94 bits per heavy atom. The van der Waals surface area contributed by atoms with Crippen molar-refractivity contribution < 1.29 is 14.6 Å². The topological polar surface area (TPSA) is 67.7 Å². The molecule has 0 bridgehead atoms. The molecule has 0 atom stereocenters. The lowest BCUT2D eigenvalue weighted by Crippen LogP contribution is -2.38. The summed E-state index contributed by atoms with van der Waals surface area (Å²) in [5.41, 5.74) is 0. The third-order valence-corrected chi connectivity index (χ3v) is 2.99. The predicted molar refractivity (Wildman–Crippen MR) is 66.8 cm³/mol. The molecule has 2 rings (SSSR count). The van der Waals surface area contributed by atoms with Crippen molar-refractivity contribution in [3.05, 3.63) is 12.4 Å². The van der Waals surface area contributed by atoms with E-state index in [9.17, 15) is 0 Å². The Hall–Kier alpha value is -1.40. The van der Waals surface area contributed by atoms with Crippen LogP contribution in [0.25, 0.3) is 0 Å². The quantitative estimate of drug-likeness (QED) is 0.783. The second-order valence-electron chi connectivity index (χ2n) is 4.29. The second kappa shape index (κ2) is 6.51. The van der Waals surface area contributed by atoms with Crippen LogP contribution in [-0.2, 0) is 9.47 Å². The molecule has 100 valence electrons. The highest BCUT2D eigenvalue weighted by molar-refractivity contribution is 5.31. The first kappa shape index (κ1) is 13.0. The molecule has 6 nitrogen and oxygen atoms in total. The number of aromatic nitrogens is 2. The molecule has 1 N–H and O–H groups in total. The Labute approximate surface area is 107 Å². The van der Waals surface area contributed by atoms with Crippen molar-refractivity contribution in [2.45, 2.75) is 18.9 Å². The standard InChI is InChI=1S/C12H19N3O3/c1-17-6-7-18-11-2-4-15(5-3-11)12-13-8-10(16)9-14-12/h8-9,11,16H,2-7H2,1H3. The number of anilines is 1. The minimum absolute atomic E-state index is 0.0940. The minimum Gasteiger partial charge on any atom is -0.505 e. The van der Waals surface area contributed by atoms with Crippen molar-refractivity contribution in [2.75, 3.05) is 38.3 Å². The first-order valence-corrected chi connectivity index (χ1v) is 6.16.